The van der Waals surface area contributed by atoms with Crippen LogP contribution in [-0.2, 0) is 7.05 Å². The first-order valence-corrected chi connectivity index (χ1v) is 3.75. The van der Waals surface area contributed by atoms with Crippen molar-refractivity contribution in [1.29, 1.82) is 0 Å². The van der Waals surface area contributed by atoms with Gasteiger partial charge in [-0.2, -0.15) is 4.68 Å². The van der Waals surface area contributed by atoms with Gasteiger partial charge in [0.2, 0.25) is 0 Å². The molecule has 0 saturated carbocycles. The standard InChI is InChI=1S/C7H10N4O3/c1-3(12)4-5(8)11(9)7(14)10(2)6(4)13/h8-9H2,1-2H3. The van der Waals surface area contributed by atoms with Crippen molar-refractivity contribution in [2.45, 2.75) is 6.92 Å². The number of carbonyl (C=O) groups excluding carboxylic acids is 1. The molecule has 0 radical (unpaired) electrons. The number of aromatic nitrogens is 2. The van der Waals surface area contributed by atoms with Crippen molar-refractivity contribution >= 4 is 11.6 Å². The van der Waals surface area contributed by atoms with Gasteiger partial charge in [0, 0.05) is 7.05 Å². The van der Waals surface area contributed by atoms with Gasteiger partial charge in [0.05, 0.1) is 0 Å². The van der Waals surface area contributed by atoms with E-state index in [1.54, 1.807) is 0 Å². The van der Waals surface area contributed by atoms with Gasteiger partial charge in [-0.3, -0.25) is 14.2 Å². The van der Waals surface area contributed by atoms with Crippen LogP contribution in [0.15, 0.2) is 9.59 Å². The molecule has 1 aromatic rings. The van der Waals surface area contributed by atoms with Crippen LogP contribution in [0.4, 0.5) is 5.82 Å². The summed E-state index contributed by atoms with van der Waals surface area (Å²) in [5, 5.41) is 0. The second kappa shape index (κ2) is 3.02. The van der Waals surface area contributed by atoms with Crippen LogP contribution in [0.5, 0.6) is 0 Å². The molecule has 7 heteroatoms. The summed E-state index contributed by atoms with van der Waals surface area (Å²) in [6.07, 6.45) is 0. The normalized spacial score (nSPS) is 10.1. The SMILES string of the molecule is CC(=O)c1c(N)n(N)c(=O)n(C)c1=O. The molecule has 0 amide bonds. The van der Waals surface area contributed by atoms with Gasteiger partial charge in [-0.15, -0.1) is 0 Å². The summed E-state index contributed by atoms with van der Waals surface area (Å²) in [7, 11) is 1.22. The number of nitrogen functional groups attached to an aromatic ring is 2. The highest BCUT2D eigenvalue weighted by Crippen LogP contribution is 2.01. The van der Waals surface area contributed by atoms with E-state index in [0.717, 1.165) is 4.57 Å². The average Bonchev–Trinajstić information content (AvgIpc) is 2.11. The lowest BCUT2D eigenvalue weighted by molar-refractivity contribution is 0.101. The van der Waals surface area contributed by atoms with Crippen molar-refractivity contribution in [2.24, 2.45) is 7.05 Å². The van der Waals surface area contributed by atoms with Gasteiger partial charge >= 0.3 is 5.69 Å². The Bertz CT molecular complexity index is 511. The van der Waals surface area contributed by atoms with E-state index in [9.17, 15) is 14.4 Å². The number of ketones is 1. The molecule has 7 nitrogen and oxygen atoms in total. The van der Waals surface area contributed by atoms with Crippen LogP contribution in [0.25, 0.3) is 0 Å². The Kier molecular flexibility index (Phi) is 2.16. The minimum Gasteiger partial charge on any atom is -0.383 e. The van der Waals surface area contributed by atoms with E-state index in [1.165, 1.54) is 14.0 Å². The molecule has 0 spiro atoms. The first kappa shape index (κ1) is 10.0. The van der Waals surface area contributed by atoms with Crippen LogP contribution in [0.2, 0.25) is 0 Å². The molecule has 0 saturated heterocycles. The van der Waals surface area contributed by atoms with Crippen molar-refractivity contribution in [3.05, 3.63) is 26.4 Å². The molecule has 0 aliphatic rings. The topological polar surface area (TPSA) is 113 Å². The van der Waals surface area contributed by atoms with E-state index in [1.807, 2.05) is 0 Å². The minimum absolute atomic E-state index is 0.269. The summed E-state index contributed by atoms with van der Waals surface area (Å²) in [5.41, 5.74) is 3.59. The van der Waals surface area contributed by atoms with E-state index in [4.69, 9.17) is 11.6 Å². The second-order valence-electron chi connectivity index (χ2n) is 2.83. The third-order valence-corrected chi connectivity index (χ3v) is 1.88. The Morgan fingerprint density at radius 2 is 1.86 bits per heavy atom. The molecular formula is C7H10N4O3. The smallest absolute Gasteiger partial charge is 0.351 e. The van der Waals surface area contributed by atoms with E-state index < -0.39 is 17.0 Å². The van der Waals surface area contributed by atoms with Crippen LogP contribution in [0.1, 0.15) is 17.3 Å². The van der Waals surface area contributed by atoms with Crippen molar-refractivity contribution in [1.82, 2.24) is 9.24 Å². The summed E-state index contributed by atoms with van der Waals surface area (Å²) in [5.74, 6) is 4.42. The molecular weight excluding hydrogens is 188 g/mol. The van der Waals surface area contributed by atoms with E-state index in [2.05, 4.69) is 0 Å². The van der Waals surface area contributed by atoms with E-state index in [0.29, 0.717) is 4.68 Å². The Hall–Kier alpha value is -2.05. The highest BCUT2D eigenvalue weighted by atomic mass is 16.2. The molecule has 0 atom stereocenters. The minimum atomic E-state index is -0.766. The Balaban J connectivity index is 3.88. The lowest BCUT2D eigenvalue weighted by atomic mass is 10.2. The van der Waals surface area contributed by atoms with Crippen molar-refractivity contribution in [3.8, 4) is 0 Å². The molecule has 1 heterocycles. The van der Waals surface area contributed by atoms with Gasteiger partial charge in [-0.25, -0.2) is 4.79 Å². The summed E-state index contributed by atoms with van der Waals surface area (Å²) >= 11 is 0. The molecule has 0 unspecified atom stereocenters. The number of Topliss-reactive ketones (excluding diaryl/α,β-unsaturated/α-hetero) is 1. The summed E-state index contributed by atoms with van der Waals surface area (Å²) in [6.45, 7) is 1.18. The zero-order chi connectivity index (χ0) is 11.0. The molecule has 0 aliphatic carbocycles. The first-order valence-electron chi connectivity index (χ1n) is 3.75. The molecule has 76 valence electrons. The largest absolute Gasteiger partial charge is 0.383 e. The number of rotatable bonds is 1. The van der Waals surface area contributed by atoms with E-state index >= 15 is 0 Å². The summed E-state index contributed by atoms with van der Waals surface area (Å²) in [4.78, 5) is 33.6. The van der Waals surface area contributed by atoms with Crippen LogP contribution in [0, 0.1) is 0 Å². The molecule has 14 heavy (non-hydrogen) atoms. The van der Waals surface area contributed by atoms with Crippen LogP contribution in [0.3, 0.4) is 0 Å². The van der Waals surface area contributed by atoms with Gasteiger partial charge in [-0.1, -0.05) is 0 Å². The number of nitrogens with zero attached hydrogens (tertiary/aromatic N) is 2. The van der Waals surface area contributed by atoms with Crippen LogP contribution < -0.4 is 22.8 Å². The summed E-state index contributed by atoms with van der Waals surface area (Å²) < 4.78 is 1.30. The second-order valence-corrected chi connectivity index (χ2v) is 2.83. The maximum Gasteiger partial charge on any atom is 0.351 e. The number of carbonyl (C=O) groups is 1. The highest BCUT2D eigenvalue weighted by Gasteiger charge is 2.16. The number of anilines is 1. The lowest BCUT2D eigenvalue weighted by Crippen LogP contribution is -2.45. The zero-order valence-electron chi connectivity index (χ0n) is 7.77. The molecule has 4 N–H and O–H groups in total. The maximum absolute atomic E-state index is 11.4. The Morgan fingerprint density at radius 3 is 2.29 bits per heavy atom. The molecule has 0 aliphatic heterocycles. The zero-order valence-corrected chi connectivity index (χ0v) is 7.77. The maximum atomic E-state index is 11.4. The molecule has 0 aromatic carbocycles. The van der Waals surface area contributed by atoms with Crippen molar-refractivity contribution in [3.63, 3.8) is 0 Å². The van der Waals surface area contributed by atoms with E-state index in [-0.39, 0.29) is 11.4 Å². The van der Waals surface area contributed by atoms with Crippen molar-refractivity contribution < 1.29 is 4.79 Å². The Morgan fingerprint density at radius 1 is 1.36 bits per heavy atom. The average molecular weight is 198 g/mol. The monoisotopic (exact) mass is 198 g/mol. The molecule has 1 rings (SSSR count). The fourth-order valence-electron chi connectivity index (χ4n) is 1.08. The lowest BCUT2D eigenvalue weighted by Gasteiger charge is -2.08. The predicted molar refractivity (Wildman–Crippen MR) is 50.5 cm³/mol. The van der Waals surface area contributed by atoms with Gasteiger partial charge < -0.3 is 11.6 Å². The fourth-order valence-corrected chi connectivity index (χ4v) is 1.08. The predicted octanol–water partition coefficient (Wildman–Crippen LogP) is -1.95. The third kappa shape index (κ3) is 1.18. The van der Waals surface area contributed by atoms with Crippen LogP contribution >= 0.6 is 0 Å². The van der Waals surface area contributed by atoms with Gasteiger partial charge in [0.15, 0.2) is 5.78 Å². The first-order chi connectivity index (χ1) is 6.37. The van der Waals surface area contributed by atoms with Crippen LogP contribution in [-0.4, -0.2) is 15.0 Å². The fraction of sp³-hybridized carbons (Fsp3) is 0.286. The third-order valence-electron chi connectivity index (χ3n) is 1.88. The number of hydrogen-bond donors (Lipinski definition) is 2. The van der Waals surface area contributed by atoms with Gasteiger partial charge in [-0.05, 0) is 6.92 Å². The number of nitrogens with two attached hydrogens (primary N) is 2. The van der Waals surface area contributed by atoms with Gasteiger partial charge in [0.25, 0.3) is 5.56 Å². The highest BCUT2D eigenvalue weighted by molar-refractivity contribution is 5.97. The number of hydrogen-bond acceptors (Lipinski definition) is 5. The molecule has 0 fully saturated rings. The van der Waals surface area contributed by atoms with Crippen molar-refractivity contribution in [2.75, 3.05) is 11.6 Å². The summed E-state index contributed by atoms with van der Waals surface area (Å²) in [6, 6.07) is 0. The van der Waals surface area contributed by atoms with Gasteiger partial charge in [0.1, 0.15) is 11.4 Å². The molecule has 1 aromatic heterocycles. The Labute approximate surface area is 78.5 Å². The quantitative estimate of drug-likeness (QED) is 0.402. The molecule has 0 bridgehead atoms.